The van der Waals surface area contributed by atoms with Crippen molar-refractivity contribution in [3.8, 4) is 0 Å². The molecule has 0 aromatic rings. The van der Waals surface area contributed by atoms with Crippen molar-refractivity contribution in [2.24, 2.45) is 0 Å². The first kappa shape index (κ1) is 25.7. The molecule has 0 saturated carbocycles. The van der Waals surface area contributed by atoms with Crippen LogP contribution in [0.3, 0.4) is 0 Å². The number of ether oxygens (including phenoxy) is 2. The van der Waals surface area contributed by atoms with Crippen LogP contribution in [0.2, 0.25) is 0 Å². The van der Waals surface area contributed by atoms with Gasteiger partial charge in [-0.3, -0.25) is 0 Å². The van der Waals surface area contributed by atoms with E-state index in [1.165, 1.54) is 77.0 Å². The second-order valence-corrected chi connectivity index (χ2v) is 8.38. The predicted octanol–water partition coefficient (Wildman–Crippen LogP) is 7.99. The molecule has 1 unspecified atom stereocenters. The summed E-state index contributed by atoms with van der Waals surface area (Å²) in [6.07, 6.45) is 15.3. The molecule has 1 atom stereocenters. The van der Waals surface area contributed by atoms with Gasteiger partial charge in [0.15, 0.2) is 0 Å². The van der Waals surface area contributed by atoms with Crippen LogP contribution >= 0.6 is 0 Å². The Bertz CT molecular complexity index is 328. The fraction of sp³-hybridized carbons (Fsp3) is 1.00. The minimum Gasteiger partial charge on any atom is -0.379 e. The first-order valence-corrected chi connectivity index (χ1v) is 11.8. The highest BCUT2D eigenvalue weighted by Gasteiger charge is 2.25. The van der Waals surface area contributed by atoms with E-state index in [1.807, 2.05) is 0 Å². The monoisotopic (exact) mass is 408 g/mol. The van der Waals surface area contributed by atoms with Gasteiger partial charge >= 0.3 is 6.18 Å². The Morgan fingerprint density at radius 2 is 1.14 bits per heavy atom. The molecule has 1 saturated heterocycles. The molecule has 0 amide bonds. The van der Waals surface area contributed by atoms with E-state index in [2.05, 4.69) is 0 Å². The average Bonchev–Trinajstić information content (AvgIpc) is 3.16. The molecule has 0 aromatic heterocycles. The standard InChI is InChI=1S/C23H43F3O2/c24-23(25,26)18-14-12-10-8-6-4-2-1-3-5-7-9-11-13-15-19-27-21-22-17-16-20-28-22/h22H,1-21H2. The van der Waals surface area contributed by atoms with E-state index in [0.29, 0.717) is 12.5 Å². The van der Waals surface area contributed by atoms with E-state index in [4.69, 9.17) is 9.47 Å². The Hall–Kier alpha value is -0.290. The Balaban J connectivity index is 1.64. The normalized spacial score (nSPS) is 17.5. The molecule has 0 spiro atoms. The smallest absolute Gasteiger partial charge is 0.379 e. The molecule has 1 fully saturated rings. The van der Waals surface area contributed by atoms with Gasteiger partial charge in [0.2, 0.25) is 0 Å². The molecule has 28 heavy (non-hydrogen) atoms. The van der Waals surface area contributed by atoms with Crippen LogP contribution in [0.1, 0.15) is 116 Å². The Morgan fingerprint density at radius 1 is 0.679 bits per heavy atom. The highest BCUT2D eigenvalue weighted by Crippen LogP contribution is 2.23. The first-order chi connectivity index (χ1) is 13.6. The summed E-state index contributed by atoms with van der Waals surface area (Å²) in [6.45, 7) is 2.56. The average molecular weight is 409 g/mol. The summed E-state index contributed by atoms with van der Waals surface area (Å²) >= 11 is 0. The lowest BCUT2D eigenvalue weighted by Gasteiger charge is -2.09. The van der Waals surface area contributed by atoms with Crippen LogP contribution < -0.4 is 0 Å². The van der Waals surface area contributed by atoms with Crippen molar-refractivity contribution in [1.29, 1.82) is 0 Å². The minimum absolute atomic E-state index is 0.298. The van der Waals surface area contributed by atoms with E-state index in [-0.39, 0.29) is 0 Å². The van der Waals surface area contributed by atoms with Gasteiger partial charge in [0.1, 0.15) is 0 Å². The van der Waals surface area contributed by atoms with E-state index in [1.54, 1.807) is 0 Å². The van der Waals surface area contributed by atoms with Crippen LogP contribution in [0, 0.1) is 0 Å². The summed E-state index contributed by atoms with van der Waals surface area (Å²) in [5.41, 5.74) is 0. The highest BCUT2D eigenvalue weighted by molar-refractivity contribution is 4.63. The number of unbranched alkanes of at least 4 members (excludes halogenated alkanes) is 14. The number of hydrogen-bond donors (Lipinski definition) is 0. The molecular formula is C23H43F3O2. The molecule has 0 radical (unpaired) electrons. The maximum atomic E-state index is 12.0. The van der Waals surface area contributed by atoms with Gasteiger partial charge in [0.25, 0.3) is 0 Å². The van der Waals surface area contributed by atoms with Gasteiger partial charge in [0.05, 0.1) is 12.7 Å². The van der Waals surface area contributed by atoms with Crippen molar-refractivity contribution in [1.82, 2.24) is 0 Å². The van der Waals surface area contributed by atoms with Crippen LogP contribution in [0.5, 0.6) is 0 Å². The van der Waals surface area contributed by atoms with Crippen LogP contribution in [-0.2, 0) is 9.47 Å². The number of alkyl halides is 3. The molecule has 168 valence electrons. The molecule has 1 heterocycles. The van der Waals surface area contributed by atoms with Crippen molar-refractivity contribution in [2.45, 2.75) is 128 Å². The highest BCUT2D eigenvalue weighted by atomic mass is 19.4. The summed E-state index contributed by atoms with van der Waals surface area (Å²) in [5, 5.41) is 0. The molecule has 0 aliphatic carbocycles. The molecular weight excluding hydrogens is 365 g/mol. The number of hydrogen-bond acceptors (Lipinski definition) is 2. The summed E-state index contributed by atoms with van der Waals surface area (Å²) < 4.78 is 47.2. The number of halogens is 3. The Morgan fingerprint density at radius 3 is 1.57 bits per heavy atom. The van der Waals surface area contributed by atoms with Gasteiger partial charge in [0, 0.05) is 19.6 Å². The van der Waals surface area contributed by atoms with Gasteiger partial charge in [-0.25, -0.2) is 0 Å². The maximum Gasteiger partial charge on any atom is 0.389 e. The lowest BCUT2D eigenvalue weighted by Crippen LogP contribution is -2.14. The van der Waals surface area contributed by atoms with Crippen molar-refractivity contribution in [3.63, 3.8) is 0 Å². The molecule has 0 aromatic carbocycles. The molecule has 2 nitrogen and oxygen atoms in total. The SMILES string of the molecule is FC(F)(F)CCCCCCCCCCCCCCCCCOCC1CCCO1. The van der Waals surface area contributed by atoms with E-state index in [9.17, 15) is 13.2 Å². The summed E-state index contributed by atoms with van der Waals surface area (Å²) in [5.74, 6) is 0. The Labute approximate surface area is 170 Å². The fourth-order valence-corrected chi connectivity index (χ4v) is 3.82. The topological polar surface area (TPSA) is 18.5 Å². The van der Waals surface area contributed by atoms with E-state index < -0.39 is 12.6 Å². The van der Waals surface area contributed by atoms with Crippen molar-refractivity contribution in [2.75, 3.05) is 19.8 Å². The third kappa shape index (κ3) is 17.8. The van der Waals surface area contributed by atoms with Crippen molar-refractivity contribution >= 4 is 0 Å². The zero-order valence-corrected chi connectivity index (χ0v) is 17.9. The van der Waals surface area contributed by atoms with Gasteiger partial charge in [-0.15, -0.1) is 0 Å². The number of rotatable bonds is 19. The van der Waals surface area contributed by atoms with Crippen LogP contribution in [-0.4, -0.2) is 32.1 Å². The van der Waals surface area contributed by atoms with Gasteiger partial charge in [-0.05, 0) is 25.7 Å². The largest absolute Gasteiger partial charge is 0.389 e. The molecule has 5 heteroatoms. The molecule has 0 N–H and O–H groups in total. The molecule has 1 aliphatic heterocycles. The quantitative estimate of drug-likeness (QED) is 0.202. The Kier molecular flexibility index (Phi) is 16.1. The van der Waals surface area contributed by atoms with Crippen LogP contribution in [0.25, 0.3) is 0 Å². The first-order valence-electron chi connectivity index (χ1n) is 11.8. The summed E-state index contributed by atoms with van der Waals surface area (Å²) in [6, 6.07) is 0. The van der Waals surface area contributed by atoms with Gasteiger partial charge < -0.3 is 9.47 Å². The fourth-order valence-electron chi connectivity index (χ4n) is 3.82. The van der Waals surface area contributed by atoms with E-state index in [0.717, 1.165) is 45.5 Å². The third-order valence-corrected chi connectivity index (χ3v) is 5.58. The predicted molar refractivity (Wildman–Crippen MR) is 110 cm³/mol. The zero-order valence-electron chi connectivity index (χ0n) is 17.9. The third-order valence-electron chi connectivity index (χ3n) is 5.58. The van der Waals surface area contributed by atoms with E-state index >= 15 is 0 Å². The minimum atomic E-state index is -3.97. The zero-order chi connectivity index (χ0) is 20.3. The van der Waals surface area contributed by atoms with Crippen molar-refractivity contribution < 1.29 is 22.6 Å². The van der Waals surface area contributed by atoms with Crippen LogP contribution in [0.15, 0.2) is 0 Å². The van der Waals surface area contributed by atoms with Gasteiger partial charge in [-0.2, -0.15) is 13.2 Å². The second kappa shape index (κ2) is 17.6. The van der Waals surface area contributed by atoms with Crippen molar-refractivity contribution in [3.05, 3.63) is 0 Å². The lowest BCUT2D eigenvalue weighted by molar-refractivity contribution is -0.135. The summed E-state index contributed by atoms with van der Waals surface area (Å²) in [7, 11) is 0. The summed E-state index contributed by atoms with van der Waals surface area (Å²) in [4.78, 5) is 0. The molecule has 1 rings (SSSR count). The van der Waals surface area contributed by atoms with Crippen LogP contribution in [0.4, 0.5) is 13.2 Å². The second-order valence-electron chi connectivity index (χ2n) is 8.38. The lowest BCUT2D eigenvalue weighted by atomic mass is 10.0. The molecule has 1 aliphatic rings. The maximum absolute atomic E-state index is 12.0. The van der Waals surface area contributed by atoms with Gasteiger partial charge in [-0.1, -0.05) is 83.5 Å². The molecule has 0 bridgehead atoms.